The Morgan fingerprint density at radius 1 is 1.32 bits per heavy atom. The van der Waals surface area contributed by atoms with Crippen LogP contribution in [-0.4, -0.2) is 43.0 Å². The van der Waals surface area contributed by atoms with Crippen molar-refractivity contribution in [2.75, 3.05) is 20.2 Å². The molecule has 0 spiro atoms. The number of likely N-dealkylation sites (tertiary alicyclic amines) is 1. The van der Waals surface area contributed by atoms with Gasteiger partial charge in [0, 0.05) is 23.5 Å². The van der Waals surface area contributed by atoms with Crippen molar-refractivity contribution in [2.45, 2.75) is 25.3 Å². The number of nitrogens with one attached hydrogen (secondary N) is 1. The van der Waals surface area contributed by atoms with Crippen molar-refractivity contribution in [1.82, 2.24) is 10.2 Å². The highest BCUT2D eigenvalue weighted by Crippen LogP contribution is 2.26. The van der Waals surface area contributed by atoms with Gasteiger partial charge in [0.25, 0.3) is 5.91 Å². The first-order chi connectivity index (χ1) is 12.2. The van der Waals surface area contributed by atoms with Gasteiger partial charge in [0.05, 0.1) is 13.7 Å². The van der Waals surface area contributed by atoms with Gasteiger partial charge in [-0.25, -0.2) is 0 Å². The van der Waals surface area contributed by atoms with Gasteiger partial charge < -0.3 is 15.0 Å². The van der Waals surface area contributed by atoms with Gasteiger partial charge in [-0.15, -0.1) is 0 Å². The van der Waals surface area contributed by atoms with Crippen LogP contribution in [0.3, 0.4) is 0 Å². The van der Waals surface area contributed by atoms with Crippen molar-refractivity contribution in [2.24, 2.45) is 0 Å². The quantitative estimate of drug-likeness (QED) is 0.864. The Labute approximate surface area is 151 Å². The maximum Gasteiger partial charge on any atom is 0.252 e. The predicted octanol–water partition coefficient (Wildman–Crippen LogP) is 2.72. The zero-order chi connectivity index (χ0) is 17.6. The van der Waals surface area contributed by atoms with Crippen molar-refractivity contribution >= 4 is 23.2 Å². The summed E-state index contributed by atoms with van der Waals surface area (Å²) in [6.45, 7) is 0.782. The molecule has 6 heteroatoms. The van der Waals surface area contributed by atoms with Crippen LogP contribution in [0.5, 0.6) is 5.75 Å². The van der Waals surface area contributed by atoms with E-state index in [9.17, 15) is 9.59 Å². The number of ether oxygens (including phenoxy) is 1. The number of amides is 2. The first kappa shape index (κ1) is 17.5. The number of hydrogen-bond donors (Lipinski definition) is 1. The van der Waals surface area contributed by atoms with E-state index in [0.29, 0.717) is 5.56 Å². The molecule has 0 aliphatic carbocycles. The molecule has 3 rings (SSSR count). The molecule has 25 heavy (non-hydrogen) atoms. The van der Waals surface area contributed by atoms with Crippen molar-refractivity contribution < 1.29 is 14.3 Å². The fraction of sp³-hybridized carbons (Fsp3) is 0.368. The third kappa shape index (κ3) is 4.20. The van der Waals surface area contributed by atoms with Crippen LogP contribution >= 0.6 is 11.3 Å². The zero-order valence-electron chi connectivity index (χ0n) is 14.2. The maximum absolute atomic E-state index is 12.6. The molecule has 5 nitrogen and oxygen atoms in total. The average molecular weight is 358 g/mol. The summed E-state index contributed by atoms with van der Waals surface area (Å²) in [4.78, 5) is 26.4. The first-order valence-corrected chi connectivity index (χ1v) is 9.35. The molecule has 1 aliphatic rings. The van der Waals surface area contributed by atoms with E-state index in [2.05, 4.69) is 5.32 Å². The Kier molecular flexibility index (Phi) is 5.71. The Bertz CT molecular complexity index is 730. The van der Waals surface area contributed by atoms with Crippen LogP contribution in [0.4, 0.5) is 0 Å². The highest BCUT2D eigenvalue weighted by molar-refractivity contribution is 7.08. The normalized spacial score (nSPS) is 16.7. The molecule has 1 N–H and O–H groups in total. The number of hydrogen-bond acceptors (Lipinski definition) is 4. The van der Waals surface area contributed by atoms with Crippen molar-refractivity contribution in [3.63, 3.8) is 0 Å². The van der Waals surface area contributed by atoms with Gasteiger partial charge in [0.1, 0.15) is 5.75 Å². The van der Waals surface area contributed by atoms with Gasteiger partial charge in [0.15, 0.2) is 0 Å². The monoisotopic (exact) mass is 358 g/mol. The lowest BCUT2D eigenvalue weighted by molar-refractivity contribution is -0.130. The molecule has 1 saturated heterocycles. The highest BCUT2D eigenvalue weighted by atomic mass is 32.1. The minimum Gasteiger partial charge on any atom is -0.496 e. The molecule has 1 aliphatic heterocycles. The molecule has 0 unspecified atom stereocenters. The number of nitrogens with zero attached hydrogens (tertiary/aromatic N) is 1. The summed E-state index contributed by atoms with van der Waals surface area (Å²) in [5.74, 6) is 0.628. The molecule has 2 aromatic rings. The highest BCUT2D eigenvalue weighted by Gasteiger charge is 2.29. The lowest BCUT2D eigenvalue weighted by Crippen LogP contribution is -2.43. The molecule has 0 saturated carbocycles. The SMILES string of the molecule is COc1ccccc1C[C@@H]1CCCN1C(=O)CNC(=O)c1ccsc1. The third-order valence-corrected chi connectivity index (χ3v) is 5.21. The fourth-order valence-electron chi connectivity index (χ4n) is 3.25. The van der Waals surface area contributed by atoms with Crippen LogP contribution in [0, 0.1) is 0 Å². The van der Waals surface area contributed by atoms with Crippen LogP contribution in [0.2, 0.25) is 0 Å². The number of rotatable bonds is 6. The minimum atomic E-state index is -0.199. The molecule has 1 aromatic heterocycles. The van der Waals surface area contributed by atoms with Crippen LogP contribution in [0.15, 0.2) is 41.1 Å². The summed E-state index contributed by atoms with van der Waals surface area (Å²) in [6.07, 6.45) is 2.74. The average Bonchev–Trinajstić information content (AvgIpc) is 3.31. The summed E-state index contributed by atoms with van der Waals surface area (Å²) in [6, 6.07) is 9.82. The molecule has 132 valence electrons. The number of thiophene rings is 1. The Balaban J connectivity index is 1.59. The van der Waals surface area contributed by atoms with E-state index in [1.807, 2.05) is 34.5 Å². The Hall–Kier alpha value is -2.34. The molecule has 2 amide bonds. The van der Waals surface area contributed by atoms with Gasteiger partial charge >= 0.3 is 0 Å². The van der Waals surface area contributed by atoms with E-state index in [-0.39, 0.29) is 24.4 Å². The topological polar surface area (TPSA) is 58.6 Å². The fourth-order valence-corrected chi connectivity index (χ4v) is 3.89. The van der Waals surface area contributed by atoms with Gasteiger partial charge in [-0.2, -0.15) is 11.3 Å². The van der Waals surface area contributed by atoms with E-state index in [1.54, 1.807) is 18.6 Å². The lowest BCUT2D eigenvalue weighted by Gasteiger charge is -2.25. The predicted molar refractivity (Wildman–Crippen MR) is 98.1 cm³/mol. The van der Waals surface area contributed by atoms with Crippen molar-refractivity contribution in [3.8, 4) is 5.75 Å². The summed E-state index contributed by atoms with van der Waals surface area (Å²) in [5, 5.41) is 6.35. The van der Waals surface area contributed by atoms with Crippen LogP contribution < -0.4 is 10.1 Å². The Morgan fingerprint density at radius 3 is 2.92 bits per heavy atom. The molecule has 1 atom stereocenters. The second-order valence-corrected chi connectivity index (χ2v) is 6.87. The second kappa shape index (κ2) is 8.16. The van der Waals surface area contributed by atoms with E-state index in [1.165, 1.54) is 11.3 Å². The number of methoxy groups -OCH3 is 1. The van der Waals surface area contributed by atoms with Gasteiger partial charge in [-0.1, -0.05) is 18.2 Å². The number of carbonyl (C=O) groups is 2. The van der Waals surface area contributed by atoms with E-state index < -0.39 is 0 Å². The van der Waals surface area contributed by atoms with E-state index in [0.717, 1.165) is 37.1 Å². The lowest BCUT2D eigenvalue weighted by atomic mass is 10.0. The molecular formula is C19H22N2O3S. The summed E-state index contributed by atoms with van der Waals surface area (Å²) >= 11 is 1.46. The second-order valence-electron chi connectivity index (χ2n) is 6.09. The van der Waals surface area contributed by atoms with Crippen molar-refractivity contribution in [3.05, 3.63) is 52.2 Å². The molecular weight excluding hydrogens is 336 g/mol. The summed E-state index contributed by atoms with van der Waals surface area (Å²) in [5.41, 5.74) is 1.71. The van der Waals surface area contributed by atoms with Crippen LogP contribution in [0.25, 0.3) is 0 Å². The van der Waals surface area contributed by atoms with Gasteiger partial charge in [0.2, 0.25) is 5.91 Å². The van der Waals surface area contributed by atoms with Crippen LogP contribution in [0.1, 0.15) is 28.8 Å². The summed E-state index contributed by atoms with van der Waals surface area (Å²) < 4.78 is 5.41. The van der Waals surface area contributed by atoms with Gasteiger partial charge in [-0.3, -0.25) is 9.59 Å². The van der Waals surface area contributed by atoms with Crippen LogP contribution in [-0.2, 0) is 11.2 Å². The Morgan fingerprint density at radius 2 is 2.16 bits per heavy atom. The smallest absolute Gasteiger partial charge is 0.252 e. The standard InChI is InChI=1S/C19H22N2O3S/c1-24-17-7-3-2-5-14(17)11-16-6-4-9-21(16)18(22)12-20-19(23)15-8-10-25-13-15/h2-3,5,7-8,10,13,16H,4,6,9,11-12H2,1H3,(H,20,23)/t16-/m0/s1. The maximum atomic E-state index is 12.6. The molecule has 0 bridgehead atoms. The zero-order valence-corrected chi connectivity index (χ0v) is 15.1. The molecule has 2 heterocycles. The molecule has 1 aromatic carbocycles. The van der Waals surface area contributed by atoms with Gasteiger partial charge in [-0.05, 0) is 42.3 Å². The van der Waals surface area contributed by atoms with Crippen molar-refractivity contribution in [1.29, 1.82) is 0 Å². The van der Waals surface area contributed by atoms with E-state index in [4.69, 9.17) is 4.74 Å². The largest absolute Gasteiger partial charge is 0.496 e. The third-order valence-electron chi connectivity index (χ3n) is 4.53. The number of benzene rings is 1. The number of carbonyl (C=O) groups excluding carboxylic acids is 2. The van der Waals surface area contributed by atoms with E-state index >= 15 is 0 Å². The molecule has 0 radical (unpaired) electrons. The molecule has 1 fully saturated rings. The first-order valence-electron chi connectivity index (χ1n) is 8.41. The summed E-state index contributed by atoms with van der Waals surface area (Å²) in [7, 11) is 1.66. The number of para-hydroxylation sites is 1. The minimum absolute atomic E-state index is 0.0269.